The van der Waals surface area contributed by atoms with E-state index in [1.165, 1.54) is 7.11 Å². The van der Waals surface area contributed by atoms with Crippen molar-refractivity contribution in [3.63, 3.8) is 0 Å². The van der Waals surface area contributed by atoms with Gasteiger partial charge in [-0.15, -0.1) is 0 Å². The number of likely N-dealkylation sites (N-methyl/N-ethyl adjacent to an activating group) is 1. The highest BCUT2D eigenvalue weighted by molar-refractivity contribution is 5.81. The van der Waals surface area contributed by atoms with Crippen LogP contribution in [-0.4, -0.2) is 34.7 Å². The van der Waals surface area contributed by atoms with Crippen molar-refractivity contribution < 1.29 is 9.53 Å². The topological polar surface area (TPSA) is 56.1 Å². The molecule has 18 heavy (non-hydrogen) atoms. The van der Waals surface area contributed by atoms with Crippen molar-refractivity contribution in [1.82, 2.24) is 14.9 Å². The van der Waals surface area contributed by atoms with Crippen LogP contribution in [0.3, 0.4) is 0 Å². The van der Waals surface area contributed by atoms with Gasteiger partial charge in [-0.3, -0.25) is 4.79 Å². The lowest BCUT2D eigenvalue weighted by atomic mass is 9.97. The summed E-state index contributed by atoms with van der Waals surface area (Å²) >= 11 is 0. The lowest BCUT2D eigenvalue weighted by molar-refractivity contribution is -0.148. The van der Waals surface area contributed by atoms with Crippen LogP contribution in [0.15, 0.2) is 12.4 Å². The fourth-order valence-electron chi connectivity index (χ4n) is 2.98. The van der Waals surface area contributed by atoms with Gasteiger partial charge in [0.1, 0.15) is 11.4 Å². The van der Waals surface area contributed by atoms with Crippen molar-refractivity contribution in [3.05, 3.63) is 18.2 Å². The van der Waals surface area contributed by atoms with Crippen LogP contribution in [0.2, 0.25) is 0 Å². The summed E-state index contributed by atoms with van der Waals surface area (Å²) in [5, 5.41) is 3.31. The highest BCUT2D eigenvalue weighted by atomic mass is 16.5. The Morgan fingerprint density at radius 1 is 1.72 bits per heavy atom. The molecule has 1 aliphatic rings. The van der Waals surface area contributed by atoms with Crippen LogP contribution in [0, 0.1) is 6.92 Å². The molecule has 0 spiro atoms. The Kier molecular flexibility index (Phi) is 3.71. The van der Waals surface area contributed by atoms with Gasteiger partial charge in [-0.05, 0) is 32.7 Å². The Morgan fingerprint density at radius 2 is 2.50 bits per heavy atom. The second-order valence-corrected chi connectivity index (χ2v) is 4.88. The van der Waals surface area contributed by atoms with Crippen LogP contribution >= 0.6 is 0 Å². The monoisotopic (exact) mass is 251 g/mol. The molecular formula is C13H21N3O2. The third-order valence-electron chi connectivity index (χ3n) is 3.84. The SMILES string of the molecule is CCNC1(C(=O)OC)CCC(n2ccnc2C)C1. The minimum Gasteiger partial charge on any atom is -0.468 e. The molecule has 1 aromatic rings. The number of esters is 1. The second kappa shape index (κ2) is 5.10. The van der Waals surface area contributed by atoms with Gasteiger partial charge in [-0.2, -0.15) is 0 Å². The van der Waals surface area contributed by atoms with Crippen LogP contribution in [-0.2, 0) is 9.53 Å². The van der Waals surface area contributed by atoms with Gasteiger partial charge in [0.05, 0.1) is 7.11 Å². The van der Waals surface area contributed by atoms with E-state index in [4.69, 9.17) is 4.74 Å². The number of methoxy groups -OCH3 is 1. The second-order valence-electron chi connectivity index (χ2n) is 4.88. The fraction of sp³-hybridized carbons (Fsp3) is 0.692. The number of imidazole rings is 1. The molecular weight excluding hydrogens is 230 g/mol. The number of carbonyl (C=O) groups is 1. The number of carbonyl (C=O) groups excluding carboxylic acids is 1. The van der Waals surface area contributed by atoms with Gasteiger partial charge >= 0.3 is 5.97 Å². The molecule has 0 aromatic carbocycles. The predicted molar refractivity (Wildman–Crippen MR) is 68.3 cm³/mol. The van der Waals surface area contributed by atoms with Crippen molar-refractivity contribution >= 4 is 5.97 Å². The predicted octanol–water partition coefficient (Wildman–Crippen LogP) is 1.44. The Hall–Kier alpha value is -1.36. The summed E-state index contributed by atoms with van der Waals surface area (Å²) in [7, 11) is 1.46. The minimum absolute atomic E-state index is 0.149. The molecule has 1 saturated carbocycles. The van der Waals surface area contributed by atoms with Crippen LogP contribution in [0.4, 0.5) is 0 Å². The van der Waals surface area contributed by atoms with Crippen LogP contribution in [0.1, 0.15) is 38.1 Å². The summed E-state index contributed by atoms with van der Waals surface area (Å²) < 4.78 is 7.11. The molecule has 0 radical (unpaired) electrons. The third-order valence-corrected chi connectivity index (χ3v) is 3.84. The van der Waals surface area contributed by atoms with Crippen molar-refractivity contribution in [2.75, 3.05) is 13.7 Å². The molecule has 0 bridgehead atoms. The van der Waals surface area contributed by atoms with Gasteiger partial charge in [0.15, 0.2) is 0 Å². The van der Waals surface area contributed by atoms with E-state index in [1.807, 2.05) is 20.0 Å². The minimum atomic E-state index is -0.523. The van der Waals surface area contributed by atoms with Crippen LogP contribution < -0.4 is 5.32 Å². The normalized spacial score (nSPS) is 27.4. The summed E-state index contributed by atoms with van der Waals surface area (Å²) in [4.78, 5) is 16.3. The maximum atomic E-state index is 12.0. The summed E-state index contributed by atoms with van der Waals surface area (Å²) in [6.45, 7) is 4.77. The summed E-state index contributed by atoms with van der Waals surface area (Å²) in [5.41, 5.74) is -0.523. The Labute approximate surface area is 108 Å². The number of nitrogens with zero attached hydrogens (tertiary/aromatic N) is 2. The van der Waals surface area contributed by atoms with Crippen molar-refractivity contribution in [2.24, 2.45) is 0 Å². The quantitative estimate of drug-likeness (QED) is 0.823. The smallest absolute Gasteiger partial charge is 0.326 e. The van der Waals surface area contributed by atoms with Gasteiger partial charge in [-0.1, -0.05) is 6.92 Å². The van der Waals surface area contributed by atoms with Gasteiger partial charge in [0.25, 0.3) is 0 Å². The molecule has 2 unspecified atom stereocenters. The van der Waals surface area contributed by atoms with Gasteiger partial charge in [0.2, 0.25) is 0 Å². The molecule has 5 heteroatoms. The average molecular weight is 251 g/mol. The van der Waals surface area contributed by atoms with Gasteiger partial charge in [0, 0.05) is 18.4 Å². The van der Waals surface area contributed by atoms with E-state index in [0.29, 0.717) is 6.04 Å². The van der Waals surface area contributed by atoms with E-state index < -0.39 is 5.54 Å². The lowest BCUT2D eigenvalue weighted by Gasteiger charge is -2.27. The van der Waals surface area contributed by atoms with E-state index in [1.54, 1.807) is 6.20 Å². The fourth-order valence-corrected chi connectivity index (χ4v) is 2.98. The van der Waals surface area contributed by atoms with Crippen LogP contribution in [0.25, 0.3) is 0 Å². The number of aromatic nitrogens is 2. The summed E-state index contributed by atoms with van der Waals surface area (Å²) in [6.07, 6.45) is 6.35. The molecule has 1 fully saturated rings. The highest BCUT2D eigenvalue weighted by Crippen LogP contribution is 2.39. The molecule has 1 aromatic heterocycles. The highest BCUT2D eigenvalue weighted by Gasteiger charge is 2.46. The molecule has 1 heterocycles. The molecule has 100 valence electrons. The number of nitrogens with one attached hydrogen (secondary N) is 1. The first-order valence-electron chi connectivity index (χ1n) is 6.46. The van der Waals surface area contributed by atoms with E-state index in [9.17, 15) is 4.79 Å². The Morgan fingerprint density at radius 3 is 3.06 bits per heavy atom. The molecule has 2 atom stereocenters. The molecule has 1 N–H and O–H groups in total. The van der Waals surface area contributed by atoms with Crippen molar-refractivity contribution in [2.45, 2.75) is 44.7 Å². The molecule has 0 amide bonds. The zero-order valence-corrected chi connectivity index (χ0v) is 11.3. The molecule has 2 rings (SSSR count). The number of ether oxygens (including phenoxy) is 1. The average Bonchev–Trinajstić information content (AvgIpc) is 2.96. The van der Waals surface area contributed by atoms with Gasteiger partial charge < -0.3 is 14.6 Å². The molecule has 5 nitrogen and oxygen atoms in total. The number of aryl methyl sites for hydroxylation is 1. The van der Waals surface area contributed by atoms with E-state index in [2.05, 4.69) is 14.9 Å². The summed E-state index contributed by atoms with van der Waals surface area (Å²) in [6, 6.07) is 0.325. The number of hydrogen-bond acceptors (Lipinski definition) is 4. The molecule has 0 aliphatic heterocycles. The largest absolute Gasteiger partial charge is 0.468 e. The first kappa shape index (κ1) is 13.1. The molecule has 1 aliphatic carbocycles. The van der Waals surface area contributed by atoms with E-state index >= 15 is 0 Å². The number of rotatable bonds is 4. The Bertz CT molecular complexity index is 430. The zero-order chi connectivity index (χ0) is 13.2. The number of hydrogen-bond donors (Lipinski definition) is 1. The van der Waals surface area contributed by atoms with Crippen molar-refractivity contribution in [3.8, 4) is 0 Å². The molecule has 0 saturated heterocycles. The van der Waals surface area contributed by atoms with Crippen molar-refractivity contribution in [1.29, 1.82) is 0 Å². The summed E-state index contributed by atoms with van der Waals surface area (Å²) in [5.74, 6) is 0.849. The van der Waals surface area contributed by atoms with E-state index in [0.717, 1.165) is 31.6 Å². The first-order chi connectivity index (χ1) is 8.63. The van der Waals surface area contributed by atoms with Crippen LogP contribution in [0.5, 0.6) is 0 Å². The maximum absolute atomic E-state index is 12.0. The maximum Gasteiger partial charge on any atom is 0.326 e. The Balaban J connectivity index is 2.18. The lowest BCUT2D eigenvalue weighted by Crippen LogP contribution is -2.50. The van der Waals surface area contributed by atoms with E-state index in [-0.39, 0.29) is 5.97 Å². The standard InChI is InChI=1S/C13H21N3O2/c1-4-15-13(12(17)18-3)6-5-11(9-13)16-8-7-14-10(16)2/h7-8,11,15H,4-6,9H2,1-3H3. The zero-order valence-electron chi connectivity index (χ0n) is 11.3. The van der Waals surface area contributed by atoms with Gasteiger partial charge in [-0.25, -0.2) is 4.98 Å². The first-order valence-corrected chi connectivity index (χ1v) is 6.46. The third kappa shape index (κ3) is 2.14.